The van der Waals surface area contributed by atoms with Crippen LogP contribution in [0.1, 0.15) is 74.0 Å². The normalized spacial score (nSPS) is 20.3. The Hall–Kier alpha value is -3.30. The Balaban J connectivity index is 1.48. The van der Waals surface area contributed by atoms with E-state index in [1.165, 1.54) is 0 Å². The number of anilines is 1. The molecule has 1 saturated heterocycles. The van der Waals surface area contributed by atoms with Crippen LogP contribution < -0.4 is 4.90 Å². The fourth-order valence-corrected chi connectivity index (χ4v) is 5.88. The van der Waals surface area contributed by atoms with Gasteiger partial charge in [0.25, 0.3) is 0 Å². The molecule has 0 radical (unpaired) electrons. The lowest BCUT2D eigenvalue weighted by molar-refractivity contribution is -0.124. The molecule has 0 atom stereocenters. The number of aromatic nitrogens is 3. The standard InChI is InChI=1S/C30H36N4O4S/c1-3-38-30(36)27-18-33(25-12-7-22(8-13-25)6-11-24-19-39-20-31-24)32-28(27)34(26-14-16-37-17-15-26)29(35)23-9-4-21(2)5-10-23/h6-8,11-13,18-21,23,26H,3-5,9-10,14-17H2,1-2H3. The number of rotatable bonds is 8. The van der Waals surface area contributed by atoms with Crippen LogP contribution in [0.25, 0.3) is 17.8 Å². The van der Waals surface area contributed by atoms with Crippen LogP contribution in [0.15, 0.2) is 41.4 Å². The number of thiazole rings is 1. The zero-order valence-electron chi connectivity index (χ0n) is 22.6. The quantitative estimate of drug-likeness (QED) is 0.320. The van der Waals surface area contributed by atoms with Crippen LogP contribution >= 0.6 is 11.3 Å². The molecule has 0 bridgehead atoms. The number of carbonyl (C=O) groups is 2. The summed E-state index contributed by atoms with van der Waals surface area (Å²) in [6, 6.07) is 7.83. The van der Waals surface area contributed by atoms with Gasteiger partial charge in [0, 0.05) is 36.8 Å². The van der Waals surface area contributed by atoms with Crippen LogP contribution in [0.5, 0.6) is 0 Å². The lowest BCUT2D eigenvalue weighted by atomic mass is 9.82. The van der Waals surface area contributed by atoms with Crippen molar-refractivity contribution in [1.82, 2.24) is 14.8 Å². The topological polar surface area (TPSA) is 86.6 Å². The van der Waals surface area contributed by atoms with Crippen molar-refractivity contribution in [2.75, 3.05) is 24.7 Å². The molecule has 0 N–H and O–H groups in total. The van der Waals surface area contributed by atoms with E-state index in [9.17, 15) is 9.59 Å². The summed E-state index contributed by atoms with van der Waals surface area (Å²) >= 11 is 1.56. The molecule has 1 aromatic carbocycles. The summed E-state index contributed by atoms with van der Waals surface area (Å²) in [4.78, 5) is 33.3. The molecule has 2 aliphatic rings. The van der Waals surface area contributed by atoms with E-state index in [4.69, 9.17) is 14.6 Å². The van der Waals surface area contributed by atoms with Crippen molar-refractivity contribution in [3.05, 3.63) is 58.2 Å². The van der Waals surface area contributed by atoms with Crippen LogP contribution in [0.2, 0.25) is 0 Å². The van der Waals surface area contributed by atoms with Gasteiger partial charge in [0.2, 0.25) is 5.91 Å². The third-order valence-corrected chi connectivity index (χ3v) is 8.24. The fraction of sp³-hybridized carbons (Fsp3) is 0.467. The first kappa shape index (κ1) is 27.3. The highest BCUT2D eigenvalue weighted by Crippen LogP contribution is 2.34. The number of hydrogen-bond donors (Lipinski definition) is 0. The summed E-state index contributed by atoms with van der Waals surface area (Å²) in [7, 11) is 0. The van der Waals surface area contributed by atoms with Crippen molar-refractivity contribution >= 4 is 41.2 Å². The van der Waals surface area contributed by atoms with Gasteiger partial charge in [-0.15, -0.1) is 16.4 Å². The fourth-order valence-electron chi connectivity index (χ4n) is 5.36. The summed E-state index contributed by atoms with van der Waals surface area (Å²) < 4.78 is 12.7. The molecular weight excluding hydrogens is 512 g/mol. The first-order valence-corrected chi connectivity index (χ1v) is 14.8. The Morgan fingerprint density at radius 2 is 1.85 bits per heavy atom. The largest absolute Gasteiger partial charge is 0.462 e. The van der Waals surface area contributed by atoms with E-state index >= 15 is 0 Å². The van der Waals surface area contributed by atoms with Crippen molar-refractivity contribution in [3.8, 4) is 5.69 Å². The van der Waals surface area contributed by atoms with Gasteiger partial charge >= 0.3 is 5.97 Å². The minimum Gasteiger partial charge on any atom is -0.462 e. The van der Waals surface area contributed by atoms with Gasteiger partial charge < -0.3 is 9.47 Å². The molecule has 5 rings (SSSR count). The molecule has 206 valence electrons. The Bertz CT molecular complexity index is 1270. The zero-order chi connectivity index (χ0) is 27.2. The van der Waals surface area contributed by atoms with Gasteiger partial charge in [0.1, 0.15) is 5.56 Å². The second kappa shape index (κ2) is 12.7. The first-order valence-electron chi connectivity index (χ1n) is 13.9. The molecule has 2 aromatic heterocycles. The van der Waals surface area contributed by atoms with Crippen LogP contribution in [0.4, 0.5) is 5.82 Å². The van der Waals surface area contributed by atoms with E-state index in [1.54, 1.807) is 34.0 Å². The average Bonchev–Trinajstić information content (AvgIpc) is 3.64. The molecule has 1 saturated carbocycles. The number of nitrogens with zero attached hydrogens (tertiary/aromatic N) is 4. The molecule has 1 aliphatic carbocycles. The molecule has 2 fully saturated rings. The van der Waals surface area contributed by atoms with Crippen LogP contribution in [-0.2, 0) is 14.3 Å². The molecule has 0 spiro atoms. The van der Waals surface area contributed by atoms with Gasteiger partial charge in [-0.05, 0) is 75.1 Å². The lowest BCUT2D eigenvalue weighted by Gasteiger charge is -2.37. The van der Waals surface area contributed by atoms with E-state index in [1.807, 2.05) is 47.3 Å². The predicted molar refractivity (Wildman–Crippen MR) is 153 cm³/mol. The highest BCUT2D eigenvalue weighted by Gasteiger charge is 2.37. The van der Waals surface area contributed by atoms with Gasteiger partial charge in [0.05, 0.1) is 23.5 Å². The minimum atomic E-state index is -0.469. The smallest absolute Gasteiger partial charge is 0.343 e. The number of hydrogen-bond acceptors (Lipinski definition) is 7. The number of carbonyl (C=O) groups excluding carboxylic acids is 2. The third kappa shape index (κ3) is 6.47. The molecule has 1 aliphatic heterocycles. The highest BCUT2D eigenvalue weighted by atomic mass is 32.1. The van der Waals surface area contributed by atoms with E-state index in [0.29, 0.717) is 43.4 Å². The van der Waals surface area contributed by atoms with E-state index in [-0.39, 0.29) is 24.5 Å². The predicted octanol–water partition coefficient (Wildman–Crippen LogP) is 6.01. The van der Waals surface area contributed by atoms with Crippen molar-refractivity contribution in [1.29, 1.82) is 0 Å². The molecule has 3 aromatic rings. The molecular formula is C30H36N4O4S. The Morgan fingerprint density at radius 1 is 1.10 bits per heavy atom. The Morgan fingerprint density at radius 3 is 2.51 bits per heavy atom. The third-order valence-electron chi connectivity index (χ3n) is 7.63. The highest BCUT2D eigenvalue weighted by molar-refractivity contribution is 7.07. The van der Waals surface area contributed by atoms with Crippen LogP contribution in [0.3, 0.4) is 0 Å². The SMILES string of the molecule is CCOC(=O)c1cn(-c2ccc(C=Cc3cscn3)cc2)nc1N(C(=O)C1CCC(C)CC1)C1CCOCC1. The number of amides is 1. The van der Waals surface area contributed by atoms with E-state index in [2.05, 4.69) is 11.9 Å². The Kier molecular flexibility index (Phi) is 8.88. The van der Waals surface area contributed by atoms with Crippen LogP contribution in [0, 0.1) is 11.8 Å². The summed E-state index contributed by atoms with van der Waals surface area (Å²) in [6.07, 6.45) is 10.9. The summed E-state index contributed by atoms with van der Waals surface area (Å²) in [5.41, 5.74) is 4.86. The second-order valence-corrected chi connectivity index (χ2v) is 11.1. The zero-order valence-corrected chi connectivity index (χ0v) is 23.4. The number of esters is 1. The average molecular weight is 549 g/mol. The van der Waals surface area contributed by atoms with E-state index < -0.39 is 5.97 Å². The summed E-state index contributed by atoms with van der Waals surface area (Å²) in [6.45, 7) is 5.44. The second-order valence-electron chi connectivity index (χ2n) is 10.4. The number of benzene rings is 1. The van der Waals surface area contributed by atoms with Crippen LogP contribution in [-0.4, -0.2) is 52.5 Å². The molecule has 9 heteroatoms. The maximum absolute atomic E-state index is 14.1. The number of ether oxygens (including phenoxy) is 2. The van der Waals surface area contributed by atoms with Crippen molar-refractivity contribution < 1.29 is 19.1 Å². The van der Waals surface area contributed by atoms with Gasteiger partial charge in [0.15, 0.2) is 5.82 Å². The lowest BCUT2D eigenvalue weighted by Crippen LogP contribution is -2.47. The maximum atomic E-state index is 14.1. The molecule has 39 heavy (non-hydrogen) atoms. The van der Waals surface area contributed by atoms with Gasteiger partial charge in [-0.3, -0.25) is 9.69 Å². The Labute approximate surface area is 233 Å². The van der Waals surface area contributed by atoms with Crippen molar-refractivity contribution in [2.45, 2.75) is 58.4 Å². The molecule has 8 nitrogen and oxygen atoms in total. The van der Waals surface area contributed by atoms with E-state index in [0.717, 1.165) is 42.6 Å². The monoisotopic (exact) mass is 548 g/mol. The molecule has 0 unspecified atom stereocenters. The van der Waals surface area contributed by atoms with Crippen molar-refractivity contribution in [2.24, 2.45) is 11.8 Å². The molecule has 1 amide bonds. The minimum absolute atomic E-state index is 0.0620. The maximum Gasteiger partial charge on any atom is 0.343 e. The summed E-state index contributed by atoms with van der Waals surface area (Å²) in [5, 5.41) is 6.85. The van der Waals surface area contributed by atoms with Gasteiger partial charge in [-0.1, -0.05) is 25.1 Å². The summed E-state index contributed by atoms with van der Waals surface area (Å²) in [5.74, 6) is 0.555. The van der Waals surface area contributed by atoms with Gasteiger partial charge in [-0.25, -0.2) is 14.5 Å². The molecule has 3 heterocycles. The van der Waals surface area contributed by atoms with Crippen molar-refractivity contribution in [3.63, 3.8) is 0 Å². The first-order chi connectivity index (χ1) is 19.0. The van der Waals surface area contributed by atoms with Gasteiger partial charge in [-0.2, -0.15) is 0 Å².